The van der Waals surface area contributed by atoms with Crippen molar-refractivity contribution in [1.29, 1.82) is 0 Å². The van der Waals surface area contributed by atoms with Crippen molar-refractivity contribution < 1.29 is 18.1 Å². The predicted molar refractivity (Wildman–Crippen MR) is 117 cm³/mol. The van der Waals surface area contributed by atoms with Crippen molar-refractivity contribution in [1.82, 2.24) is 5.32 Å². The van der Waals surface area contributed by atoms with Gasteiger partial charge in [-0.25, -0.2) is 8.42 Å². The molecule has 0 aromatic heterocycles. The lowest BCUT2D eigenvalue weighted by molar-refractivity contribution is -0.384. The summed E-state index contributed by atoms with van der Waals surface area (Å²) >= 11 is 0. The van der Waals surface area contributed by atoms with Gasteiger partial charge in [-0.1, -0.05) is 50.2 Å². The van der Waals surface area contributed by atoms with Gasteiger partial charge in [0.25, 0.3) is 5.69 Å². The van der Waals surface area contributed by atoms with Gasteiger partial charge in [-0.15, -0.1) is 0 Å². The SMILES string of the molecule is Cc1ccc([N+](=O)[O-])cc1N(CC(=O)N[C@@H](CC(C)C)c1ccccc1)S(C)(=O)=O. The van der Waals surface area contributed by atoms with Crippen molar-refractivity contribution in [2.75, 3.05) is 17.1 Å². The first-order valence-electron chi connectivity index (χ1n) is 9.56. The van der Waals surface area contributed by atoms with Crippen LogP contribution in [0, 0.1) is 23.0 Å². The second-order valence-electron chi connectivity index (χ2n) is 7.66. The number of aryl methyl sites for hydroxylation is 1. The fourth-order valence-electron chi connectivity index (χ4n) is 3.17. The number of hydrogen-bond donors (Lipinski definition) is 1. The van der Waals surface area contributed by atoms with Crippen LogP contribution in [0.5, 0.6) is 0 Å². The molecule has 1 N–H and O–H groups in total. The Hall–Kier alpha value is -2.94. The Morgan fingerprint density at radius 1 is 1.17 bits per heavy atom. The summed E-state index contributed by atoms with van der Waals surface area (Å²) in [4.78, 5) is 23.3. The van der Waals surface area contributed by atoms with Crippen molar-refractivity contribution in [3.63, 3.8) is 0 Å². The van der Waals surface area contributed by atoms with E-state index in [9.17, 15) is 23.3 Å². The van der Waals surface area contributed by atoms with E-state index >= 15 is 0 Å². The molecule has 0 saturated carbocycles. The van der Waals surface area contributed by atoms with Crippen LogP contribution in [0.1, 0.15) is 37.4 Å². The van der Waals surface area contributed by atoms with Gasteiger partial charge in [0.05, 0.1) is 22.9 Å². The van der Waals surface area contributed by atoms with Crippen LogP contribution in [0.3, 0.4) is 0 Å². The maximum absolute atomic E-state index is 12.8. The minimum atomic E-state index is -3.85. The van der Waals surface area contributed by atoms with Crippen LogP contribution in [0.4, 0.5) is 11.4 Å². The topological polar surface area (TPSA) is 110 Å². The van der Waals surface area contributed by atoms with E-state index in [-0.39, 0.29) is 17.4 Å². The number of nitro benzene ring substituents is 1. The number of nitro groups is 1. The van der Waals surface area contributed by atoms with E-state index in [1.54, 1.807) is 6.92 Å². The minimum Gasteiger partial charge on any atom is -0.348 e. The number of non-ortho nitro benzene ring substituents is 1. The zero-order valence-electron chi connectivity index (χ0n) is 17.5. The van der Waals surface area contributed by atoms with Gasteiger partial charge in [0.1, 0.15) is 6.54 Å². The number of benzene rings is 2. The van der Waals surface area contributed by atoms with Crippen molar-refractivity contribution >= 4 is 27.3 Å². The molecule has 0 spiro atoms. The molecule has 2 aromatic carbocycles. The number of carbonyl (C=O) groups is 1. The quantitative estimate of drug-likeness (QED) is 0.480. The normalized spacial score (nSPS) is 12.4. The number of amides is 1. The summed E-state index contributed by atoms with van der Waals surface area (Å²) in [5.74, 6) is -0.179. The molecule has 0 saturated heterocycles. The zero-order chi connectivity index (χ0) is 22.5. The molecule has 0 radical (unpaired) electrons. The number of nitrogens with one attached hydrogen (secondary N) is 1. The number of hydrogen-bond acceptors (Lipinski definition) is 5. The number of nitrogens with zero attached hydrogens (tertiary/aromatic N) is 2. The summed E-state index contributed by atoms with van der Waals surface area (Å²) in [5, 5.41) is 14.0. The molecule has 0 aliphatic heterocycles. The fraction of sp³-hybridized carbons (Fsp3) is 0.381. The molecule has 8 nitrogen and oxygen atoms in total. The van der Waals surface area contributed by atoms with Crippen LogP contribution in [-0.2, 0) is 14.8 Å². The van der Waals surface area contributed by atoms with Gasteiger partial charge in [-0.05, 0) is 30.4 Å². The summed E-state index contributed by atoms with van der Waals surface area (Å²) in [5.41, 5.74) is 1.31. The molecule has 0 aliphatic carbocycles. The van der Waals surface area contributed by atoms with Crippen molar-refractivity contribution in [3.8, 4) is 0 Å². The highest BCUT2D eigenvalue weighted by molar-refractivity contribution is 7.92. The van der Waals surface area contributed by atoms with Crippen LogP contribution in [0.2, 0.25) is 0 Å². The van der Waals surface area contributed by atoms with E-state index in [2.05, 4.69) is 5.32 Å². The average molecular weight is 434 g/mol. The van der Waals surface area contributed by atoms with Crippen molar-refractivity contribution in [2.24, 2.45) is 5.92 Å². The maximum atomic E-state index is 12.8. The molecule has 1 atom stereocenters. The molecule has 162 valence electrons. The largest absolute Gasteiger partial charge is 0.348 e. The van der Waals surface area contributed by atoms with Crippen LogP contribution >= 0.6 is 0 Å². The molecular weight excluding hydrogens is 406 g/mol. The Morgan fingerprint density at radius 3 is 2.33 bits per heavy atom. The van der Waals surface area contributed by atoms with E-state index in [0.717, 1.165) is 16.1 Å². The van der Waals surface area contributed by atoms with Gasteiger partial charge in [0.15, 0.2) is 0 Å². The highest BCUT2D eigenvalue weighted by Gasteiger charge is 2.26. The molecule has 2 aromatic rings. The summed E-state index contributed by atoms with van der Waals surface area (Å²) in [6.45, 7) is 5.25. The Bertz CT molecular complexity index is 1010. The molecule has 2 rings (SSSR count). The highest BCUT2D eigenvalue weighted by atomic mass is 32.2. The van der Waals surface area contributed by atoms with Gasteiger partial charge in [0.2, 0.25) is 15.9 Å². The van der Waals surface area contributed by atoms with E-state index in [1.165, 1.54) is 18.2 Å². The van der Waals surface area contributed by atoms with Crippen LogP contribution < -0.4 is 9.62 Å². The molecule has 1 amide bonds. The van der Waals surface area contributed by atoms with Crippen LogP contribution in [0.15, 0.2) is 48.5 Å². The molecule has 0 bridgehead atoms. The van der Waals surface area contributed by atoms with Gasteiger partial charge in [-0.3, -0.25) is 19.2 Å². The summed E-state index contributed by atoms with van der Waals surface area (Å²) in [7, 11) is -3.85. The van der Waals surface area contributed by atoms with Gasteiger partial charge < -0.3 is 5.32 Å². The van der Waals surface area contributed by atoms with E-state index < -0.39 is 27.4 Å². The molecular formula is C21H27N3O5S. The standard InChI is InChI=1S/C21H27N3O5S/c1-15(2)12-19(17-8-6-5-7-9-17)22-21(25)14-23(30(4,28)29)20-13-18(24(26)27)11-10-16(20)3/h5-11,13,15,19H,12,14H2,1-4H3,(H,22,25)/t19-/m0/s1. The lowest BCUT2D eigenvalue weighted by atomic mass is 9.97. The first kappa shape index (κ1) is 23.3. The summed E-state index contributed by atoms with van der Waals surface area (Å²) in [6, 6.07) is 13.1. The average Bonchev–Trinajstić information content (AvgIpc) is 2.65. The third kappa shape index (κ3) is 6.28. The second kappa shape index (κ2) is 9.71. The van der Waals surface area contributed by atoms with Gasteiger partial charge >= 0.3 is 0 Å². The molecule has 0 fully saturated rings. The third-order valence-electron chi connectivity index (χ3n) is 4.60. The molecule has 0 aliphatic rings. The van der Waals surface area contributed by atoms with Crippen molar-refractivity contribution in [2.45, 2.75) is 33.2 Å². The minimum absolute atomic E-state index is 0.113. The Morgan fingerprint density at radius 2 is 1.80 bits per heavy atom. The lowest BCUT2D eigenvalue weighted by Crippen LogP contribution is -2.42. The van der Waals surface area contributed by atoms with E-state index in [1.807, 2.05) is 44.2 Å². The van der Waals surface area contributed by atoms with Gasteiger partial charge in [-0.2, -0.15) is 0 Å². The first-order valence-corrected chi connectivity index (χ1v) is 11.4. The summed E-state index contributed by atoms with van der Waals surface area (Å²) < 4.78 is 25.7. The summed E-state index contributed by atoms with van der Waals surface area (Å²) in [6.07, 6.45) is 1.66. The predicted octanol–water partition coefficient (Wildman–Crippen LogP) is 3.57. The second-order valence-corrected chi connectivity index (χ2v) is 9.56. The molecule has 0 unspecified atom stereocenters. The monoisotopic (exact) mass is 433 g/mol. The van der Waals surface area contributed by atoms with E-state index in [4.69, 9.17) is 0 Å². The number of anilines is 1. The number of carbonyl (C=O) groups excluding carboxylic acids is 1. The van der Waals surface area contributed by atoms with E-state index in [0.29, 0.717) is 17.9 Å². The number of sulfonamides is 1. The first-order chi connectivity index (χ1) is 14.0. The Kier molecular flexibility index (Phi) is 7.55. The van der Waals surface area contributed by atoms with Crippen LogP contribution in [0.25, 0.3) is 0 Å². The molecule has 30 heavy (non-hydrogen) atoms. The Labute approximate surface area is 177 Å². The fourth-order valence-corrected chi connectivity index (χ4v) is 4.07. The zero-order valence-corrected chi connectivity index (χ0v) is 18.3. The van der Waals surface area contributed by atoms with Gasteiger partial charge in [0, 0.05) is 12.1 Å². The Balaban J connectivity index is 2.32. The van der Waals surface area contributed by atoms with Crippen LogP contribution in [-0.4, -0.2) is 32.0 Å². The maximum Gasteiger partial charge on any atom is 0.271 e. The third-order valence-corrected chi connectivity index (χ3v) is 5.73. The highest BCUT2D eigenvalue weighted by Crippen LogP contribution is 2.28. The smallest absolute Gasteiger partial charge is 0.271 e. The lowest BCUT2D eigenvalue weighted by Gasteiger charge is -2.26. The number of rotatable bonds is 9. The molecule has 0 heterocycles. The van der Waals surface area contributed by atoms with Crippen molar-refractivity contribution in [3.05, 3.63) is 69.8 Å². The molecule has 9 heteroatoms.